The van der Waals surface area contributed by atoms with Crippen molar-refractivity contribution in [2.75, 3.05) is 12.8 Å². The van der Waals surface area contributed by atoms with E-state index < -0.39 is 5.97 Å². The number of nitrogens with zero attached hydrogens (tertiary/aromatic N) is 1. The molecule has 1 aromatic rings. The van der Waals surface area contributed by atoms with E-state index in [1.165, 1.54) is 7.11 Å². The standard InChI is InChI=1S/C9H11ClN2O2/c1-3-5-4-6(11)7(10)8(12-5)9(13)14-2/h4H,3H2,1-2H3,(H2,11,12). The van der Waals surface area contributed by atoms with Crippen LogP contribution in [0.4, 0.5) is 5.69 Å². The highest BCUT2D eigenvalue weighted by atomic mass is 35.5. The minimum atomic E-state index is -0.572. The number of ether oxygens (including phenoxy) is 1. The van der Waals surface area contributed by atoms with Gasteiger partial charge in [0, 0.05) is 5.69 Å². The lowest BCUT2D eigenvalue weighted by molar-refractivity contribution is 0.0594. The lowest BCUT2D eigenvalue weighted by atomic mass is 10.2. The van der Waals surface area contributed by atoms with Gasteiger partial charge in [0.15, 0.2) is 5.69 Å². The number of anilines is 1. The van der Waals surface area contributed by atoms with Gasteiger partial charge in [-0.25, -0.2) is 9.78 Å². The molecule has 0 unspecified atom stereocenters. The van der Waals surface area contributed by atoms with Crippen molar-refractivity contribution in [2.45, 2.75) is 13.3 Å². The van der Waals surface area contributed by atoms with Crippen molar-refractivity contribution in [1.29, 1.82) is 0 Å². The van der Waals surface area contributed by atoms with Gasteiger partial charge in [0.25, 0.3) is 0 Å². The average molecular weight is 215 g/mol. The molecule has 0 fully saturated rings. The van der Waals surface area contributed by atoms with Gasteiger partial charge in [0.1, 0.15) is 0 Å². The molecule has 2 N–H and O–H groups in total. The van der Waals surface area contributed by atoms with Gasteiger partial charge in [-0.3, -0.25) is 0 Å². The summed E-state index contributed by atoms with van der Waals surface area (Å²) >= 11 is 5.81. The Morgan fingerprint density at radius 3 is 2.86 bits per heavy atom. The molecule has 0 bridgehead atoms. The molecular formula is C9H11ClN2O2. The maximum absolute atomic E-state index is 11.2. The summed E-state index contributed by atoms with van der Waals surface area (Å²) in [7, 11) is 1.27. The van der Waals surface area contributed by atoms with E-state index in [2.05, 4.69) is 9.72 Å². The van der Waals surface area contributed by atoms with Crippen molar-refractivity contribution in [1.82, 2.24) is 4.98 Å². The van der Waals surface area contributed by atoms with Gasteiger partial charge in [0.05, 0.1) is 17.8 Å². The van der Waals surface area contributed by atoms with Gasteiger partial charge in [-0.1, -0.05) is 18.5 Å². The Labute approximate surface area is 87.0 Å². The van der Waals surface area contributed by atoms with E-state index in [4.69, 9.17) is 17.3 Å². The van der Waals surface area contributed by atoms with Crippen LogP contribution in [0.15, 0.2) is 6.07 Å². The van der Waals surface area contributed by atoms with Crippen molar-refractivity contribution < 1.29 is 9.53 Å². The number of rotatable bonds is 2. The zero-order chi connectivity index (χ0) is 10.7. The zero-order valence-corrected chi connectivity index (χ0v) is 8.76. The Morgan fingerprint density at radius 1 is 1.71 bits per heavy atom. The van der Waals surface area contributed by atoms with Crippen LogP contribution in [0, 0.1) is 0 Å². The molecular weight excluding hydrogens is 204 g/mol. The fourth-order valence-electron chi connectivity index (χ4n) is 1.02. The summed E-state index contributed by atoms with van der Waals surface area (Å²) in [6.45, 7) is 1.91. The van der Waals surface area contributed by atoms with Crippen LogP contribution in [-0.2, 0) is 11.2 Å². The third-order valence-corrected chi connectivity index (χ3v) is 2.18. The predicted molar refractivity (Wildman–Crippen MR) is 54.4 cm³/mol. The second-order valence-electron chi connectivity index (χ2n) is 2.71. The van der Waals surface area contributed by atoms with Crippen molar-refractivity contribution >= 4 is 23.3 Å². The highest BCUT2D eigenvalue weighted by molar-refractivity contribution is 6.35. The minimum Gasteiger partial charge on any atom is -0.464 e. The Kier molecular flexibility index (Phi) is 3.30. The topological polar surface area (TPSA) is 65.2 Å². The highest BCUT2D eigenvalue weighted by Crippen LogP contribution is 2.23. The molecule has 0 amide bonds. The number of pyridine rings is 1. The van der Waals surface area contributed by atoms with Gasteiger partial charge in [-0.2, -0.15) is 0 Å². The number of halogens is 1. The number of carbonyl (C=O) groups excluding carboxylic acids is 1. The number of nitrogens with two attached hydrogens (primary N) is 1. The maximum atomic E-state index is 11.2. The summed E-state index contributed by atoms with van der Waals surface area (Å²) in [4.78, 5) is 15.3. The largest absolute Gasteiger partial charge is 0.464 e. The molecule has 0 aliphatic heterocycles. The van der Waals surface area contributed by atoms with Gasteiger partial charge < -0.3 is 10.5 Å². The number of hydrogen-bond donors (Lipinski definition) is 1. The first kappa shape index (κ1) is 10.8. The Hall–Kier alpha value is -1.29. The van der Waals surface area contributed by atoms with Crippen LogP contribution < -0.4 is 5.73 Å². The van der Waals surface area contributed by atoms with Crippen LogP contribution in [0.25, 0.3) is 0 Å². The number of methoxy groups -OCH3 is 1. The lowest BCUT2D eigenvalue weighted by Gasteiger charge is -2.06. The summed E-state index contributed by atoms with van der Waals surface area (Å²) in [5, 5.41) is 0.147. The molecule has 0 radical (unpaired) electrons. The van der Waals surface area contributed by atoms with Crippen molar-refractivity contribution in [3.05, 3.63) is 22.5 Å². The molecule has 0 atom stereocenters. The summed E-state index contributed by atoms with van der Waals surface area (Å²) in [6.07, 6.45) is 0.686. The van der Waals surface area contributed by atoms with E-state index in [1.807, 2.05) is 6.92 Å². The lowest BCUT2D eigenvalue weighted by Crippen LogP contribution is -2.08. The average Bonchev–Trinajstić information content (AvgIpc) is 2.20. The molecule has 4 nitrogen and oxygen atoms in total. The minimum absolute atomic E-state index is 0.0750. The van der Waals surface area contributed by atoms with Crippen LogP contribution >= 0.6 is 11.6 Å². The SMILES string of the molecule is CCc1cc(N)c(Cl)c(C(=O)OC)n1. The summed E-state index contributed by atoms with van der Waals surface area (Å²) < 4.78 is 4.53. The number of hydrogen-bond acceptors (Lipinski definition) is 4. The molecule has 1 aromatic heterocycles. The number of aryl methyl sites for hydroxylation is 1. The Balaban J connectivity index is 3.27. The fourth-order valence-corrected chi connectivity index (χ4v) is 1.19. The van der Waals surface area contributed by atoms with E-state index >= 15 is 0 Å². The van der Waals surface area contributed by atoms with Gasteiger partial charge in [0.2, 0.25) is 0 Å². The number of aromatic nitrogens is 1. The van der Waals surface area contributed by atoms with Crippen LogP contribution in [0.5, 0.6) is 0 Å². The molecule has 0 aliphatic carbocycles. The third-order valence-electron chi connectivity index (χ3n) is 1.78. The Morgan fingerprint density at radius 2 is 2.36 bits per heavy atom. The maximum Gasteiger partial charge on any atom is 0.358 e. The van der Waals surface area contributed by atoms with Gasteiger partial charge in [-0.15, -0.1) is 0 Å². The highest BCUT2D eigenvalue weighted by Gasteiger charge is 2.15. The van der Waals surface area contributed by atoms with Crippen molar-refractivity contribution in [3.63, 3.8) is 0 Å². The van der Waals surface area contributed by atoms with E-state index in [0.29, 0.717) is 17.8 Å². The molecule has 0 saturated heterocycles. The van der Waals surface area contributed by atoms with Crippen LogP contribution in [0.2, 0.25) is 5.02 Å². The quantitative estimate of drug-likeness (QED) is 0.761. The van der Waals surface area contributed by atoms with E-state index in [0.717, 1.165) is 0 Å². The molecule has 0 spiro atoms. The second kappa shape index (κ2) is 4.28. The monoisotopic (exact) mass is 214 g/mol. The second-order valence-corrected chi connectivity index (χ2v) is 3.09. The normalized spacial score (nSPS) is 9.93. The van der Waals surface area contributed by atoms with E-state index in [1.54, 1.807) is 6.07 Å². The van der Waals surface area contributed by atoms with Crippen LogP contribution in [-0.4, -0.2) is 18.1 Å². The predicted octanol–water partition coefficient (Wildman–Crippen LogP) is 1.67. The van der Waals surface area contributed by atoms with Crippen molar-refractivity contribution in [3.8, 4) is 0 Å². The molecule has 0 saturated carbocycles. The first-order valence-corrected chi connectivity index (χ1v) is 4.51. The molecule has 0 aliphatic rings. The molecule has 76 valence electrons. The third kappa shape index (κ3) is 1.96. The molecule has 1 heterocycles. The molecule has 14 heavy (non-hydrogen) atoms. The Bertz CT molecular complexity index is 366. The molecule has 1 rings (SSSR count). The van der Waals surface area contributed by atoms with Gasteiger partial charge >= 0.3 is 5.97 Å². The van der Waals surface area contributed by atoms with Crippen LogP contribution in [0.1, 0.15) is 23.1 Å². The molecule has 0 aromatic carbocycles. The van der Waals surface area contributed by atoms with Crippen LogP contribution in [0.3, 0.4) is 0 Å². The number of nitrogen functional groups attached to an aromatic ring is 1. The smallest absolute Gasteiger partial charge is 0.358 e. The summed E-state index contributed by atoms with van der Waals surface area (Å²) in [5.41, 5.74) is 6.75. The fraction of sp³-hybridized carbons (Fsp3) is 0.333. The first-order valence-electron chi connectivity index (χ1n) is 4.13. The number of esters is 1. The van der Waals surface area contributed by atoms with Gasteiger partial charge in [-0.05, 0) is 12.5 Å². The van der Waals surface area contributed by atoms with Crippen molar-refractivity contribution in [2.24, 2.45) is 0 Å². The summed E-state index contributed by atoms with van der Waals surface area (Å²) in [5.74, 6) is -0.572. The summed E-state index contributed by atoms with van der Waals surface area (Å²) in [6, 6.07) is 1.65. The van der Waals surface area contributed by atoms with E-state index in [9.17, 15) is 4.79 Å². The zero-order valence-electron chi connectivity index (χ0n) is 8.00. The molecule has 5 heteroatoms. The van der Waals surface area contributed by atoms with E-state index in [-0.39, 0.29) is 10.7 Å². The first-order chi connectivity index (χ1) is 6.60. The number of carbonyl (C=O) groups is 1.